The summed E-state index contributed by atoms with van der Waals surface area (Å²) in [5.74, 6) is 0.685. The lowest BCUT2D eigenvalue weighted by atomic mass is 10.1. The minimum absolute atomic E-state index is 0. The summed E-state index contributed by atoms with van der Waals surface area (Å²) in [6.45, 7) is 7.61. The smallest absolute Gasteiger partial charge is 0.191 e. The van der Waals surface area contributed by atoms with Crippen molar-refractivity contribution in [3.63, 3.8) is 0 Å². The van der Waals surface area contributed by atoms with Gasteiger partial charge in [-0.05, 0) is 25.9 Å². The zero-order valence-electron chi connectivity index (χ0n) is 11.0. The highest BCUT2D eigenvalue weighted by Crippen LogP contribution is 2.07. The Morgan fingerprint density at radius 1 is 1.06 bits per heavy atom. The van der Waals surface area contributed by atoms with Gasteiger partial charge in [-0.25, -0.2) is 0 Å². The average Bonchev–Trinajstić information content (AvgIpc) is 2.41. The SMILES string of the molecule is I.NC(=NCCN1CCCCC1)N1CCOCC1. The van der Waals surface area contributed by atoms with Crippen LogP contribution < -0.4 is 5.73 Å². The molecule has 0 radical (unpaired) electrons. The van der Waals surface area contributed by atoms with Crippen LogP contribution in [0.5, 0.6) is 0 Å². The highest BCUT2D eigenvalue weighted by Gasteiger charge is 2.12. The lowest BCUT2D eigenvalue weighted by molar-refractivity contribution is 0.0674. The molecular weight excluding hydrogens is 343 g/mol. The molecule has 0 aromatic carbocycles. The number of hydrogen-bond acceptors (Lipinski definition) is 3. The Morgan fingerprint density at radius 2 is 1.72 bits per heavy atom. The first kappa shape index (κ1) is 16.0. The number of likely N-dealkylation sites (tertiary alicyclic amines) is 1. The Balaban J connectivity index is 0.00000162. The largest absolute Gasteiger partial charge is 0.378 e. The Bertz CT molecular complexity index is 250. The van der Waals surface area contributed by atoms with Crippen molar-refractivity contribution in [1.82, 2.24) is 9.80 Å². The second-order valence-corrected chi connectivity index (χ2v) is 4.74. The molecule has 0 amide bonds. The first-order valence-electron chi connectivity index (χ1n) is 6.71. The molecule has 2 saturated heterocycles. The van der Waals surface area contributed by atoms with Crippen LogP contribution in [0.4, 0.5) is 0 Å². The molecule has 0 aromatic rings. The molecule has 2 aliphatic heterocycles. The third-order valence-electron chi connectivity index (χ3n) is 3.47. The number of nitrogens with two attached hydrogens (primary N) is 1. The number of guanidine groups is 1. The van der Waals surface area contributed by atoms with Gasteiger partial charge in [-0.2, -0.15) is 0 Å². The van der Waals surface area contributed by atoms with Crippen LogP contribution in [0.15, 0.2) is 4.99 Å². The van der Waals surface area contributed by atoms with Gasteiger partial charge in [0.2, 0.25) is 0 Å². The molecule has 0 aromatic heterocycles. The molecule has 2 fully saturated rings. The van der Waals surface area contributed by atoms with Crippen LogP contribution in [0, 0.1) is 0 Å². The van der Waals surface area contributed by atoms with Crippen molar-refractivity contribution in [2.75, 3.05) is 52.5 Å². The maximum Gasteiger partial charge on any atom is 0.191 e. The van der Waals surface area contributed by atoms with Crippen LogP contribution in [0.2, 0.25) is 0 Å². The van der Waals surface area contributed by atoms with E-state index in [2.05, 4.69) is 14.8 Å². The van der Waals surface area contributed by atoms with E-state index in [9.17, 15) is 0 Å². The van der Waals surface area contributed by atoms with E-state index in [0.717, 1.165) is 39.4 Å². The van der Waals surface area contributed by atoms with Crippen LogP contribution in [0.25, 0.3) is 0 Å². The van der Waals surface area contributed by atoms with Gasteiger partial charge in [0.1, 0.15) is 0 Å². The highest BCUT2D eigenvalue weighted by atomic mass is 127. The fourth-order valence-corrected chi connectivity index (χ4v) is 2.38. The Hall–Kier alpha value is -0.0800. The summed E-state index contributed by atoms with van der Waals surface area (Å²) < 4.78 is 5.29. The van der Waals surface area contributed by atoms with Gasteiger partial charge in [-0.1, -0.05) is 6.42 Å². The zero-order valence-corrected chi connectivity index (χ0v) is 13.3. The Labute approximate surface area is 127 Å². The number of halogens is 1. The Kier molecular flexibility index (Phi) is 7.92. The van der Waals surface area contributed by atoms with E-state index >= 15 is 0 Å². The molecule has 0 atom stereocenters. The van der Waals surface area contributed by atoms with E-state index in [4.69, 9.17) is 10.5 Å². The van der Waals surface area contributed by atoms with E-state index in [1.165, 1.54) is 32.4 Å². The lowest BCUT2D eigenvalue weighted by Gasteiger charge is -2.28. The number of aliphatic imine (C=N–C) groups is 1. The minimum atomic E-state index is 0. The van der Waals surface area contributed by atoms with Crippen molar-refractivity contribution >= 4 is 29.9 Å². The molecule has 0 aliphatic carbocycles. The quantitative estimate of drug-likeness (QED) is 0.454. The van der Waals surface area contributed by atoms with Crippen LogP contribution >= 0.6 is 24.0 Å². The van der Waals surface area contributed by atoms with Gasteiger partial charge in [0.05, 0.1) is 19.8 Å². The summed E-state index contributed by atoms with van der Waals surface area (Å²) >= 11 is 0. The Morgan fingerprint density at radius 3 is 2.39 bits per heavy atom. The van der Waals surface area contributed by atoms with Crippen molar-refractivity contribution < 1.29 is 4.74 Å². The van der Waals surface area contributed by atoms with Gasteiger partial charge in [0.15, 0.2) is 5.96 Å². The number of hydrogen-bond donors (Lipinski definition) is 1. The number of nitrogens with zero attached hydrogens (tertiary/aromatic N) is 3. The van der Waals surface area contributed by atoms with Crippen LogP contribution in [0.3, 0.4) is 0 Å². The normalized spacial score (nSPS) is 22.7. The van der Waals surface area contributed by atoms with Gasteiger partial charge < -0.3 is 20.3 Å². The summed E-state index contributed by atoms with van der Waals surface area (Å²) in [5, 5.41) is 0. The van der Waals surface area contributed by atoms with Crippen molar-refractivity contribution in [3.05, 3.63) is 0 Å². The summed E-state index contributed by atoms with van der Waals surface area (Å²) in [5.41, 5.74) is 5.97. The lowest BCUT2D eigenvalue weighted by Crippen LogP contribution is -2.45. The average molecular weight is 368 g/mol. The van der Waals surface area contributed by atoms with Crippen molar-refractivity contribution in [2.45, 2.75) is 19.3 Å². The van der Waals surface area contributed by atoms with Gasteiger partial charge in [-0.3, -0.25) is 4.99 Å². The summed E-state index contributed by atoms with van der Waals surface area (Å²) in [6, 6.07) is 0. The third-order valence-corrected chi connectivity index (χ3v) is 3.47. The van der Waals surface area contributed by atoms with E-state index < -0.39 is 0 Å². The predicted octanol–water partition coefficient (Wildman–Crippen LogP) is 0.737. The molecule has 0 bridgehead atoms. The van der Waals surface area contributed by atoms with Crippen LogP contribution in [-0.4, -0.2) is 68.2 Å². The summed E-state index contributed by atoms with van der Waals surface area (Å²) in [6.07, 6.45) is 4.06. The number of ether oxygens (including phenoxy) is 1. The molecular formula is C12H25IN4O. The first-order chi connectivity index (χ1) is 8.36. The third kappa shape index (κ3) is 5.27. The molecule has 2 heterocycles. The predicted molar refractivity (Wildman–Crippen MR) is 84.6 cm³/mol. The first-order valence-corrected chi connectivity index (χ1v) is 6.71. The van der Waals surface area contributed by atoms with Crippen molar-refractivity contribution in [2.24, 2.45) is 10.7 Å². The van der Waals surface area contributed by atoms with Crippen LogP contribution in [0.1, 0.15) is 19.3 Å². The molecule has 0 spiro atoms. The van der Waals surface area contributed by atoms with E-state index in [1.54, 1.807) is 0 Å². The molecule has 0 saturated carbocycles. The minimum Gasteiger partial charge on any atom is -0.378 e. The van der Waals surface area contributed by atoms with Gasteiger partial charge in [0.25, 0.3) is 0 Å². The summed E-state index contributed by atoms with van der Waals surface area (Å²) in [4.78, 5) is 9.06. The van der Waals surface area contributed by atoms with E-state index in [1.807, 2.05) is 0 Å². The highest BCUT2D eigenvalue weighted by molar-refractivity contribution is 14.0. The molecule has 0 unspecified atom stereocenters. The maximum atomic E-state index is 5.97. The molecule has 5 nitrogen and oxygen atoms in total. The maximum absolute atomic E-state index is 5.97. The molecule has 2 N–H and O–H groups in total. The second-order valence-electron chi connectivity index (χ2n) is 4.74. The number of morpholine rings is 1. The topological polar surface area (TPSA) is 54.1 Å². The van der Waals surface area contributed by atoms with Crippen LogP contribution in [-0.2, 0) is 4.74 Å². The molecule has 106 valence electrons. The van der Waals surface area contributed by atoms with Crippen molar-refractivity contribution in [1.29, 1.82) is 0 Å². The monoisotopic (exact) mass is 368 g/mol. The summed E-state index contributed by atoms with van der Waals surface area (Å²) in [7, 11) is 0. The fourth-order valence-electron chi connectivity index (χ4n) is 2.38. The van der Waals surface area contributed by atoms with E-state index in [-0.39, 0.29) is 24.0 Å². The van der Waals surface area contributed by atoms with Crippen molar-refractivity contribution in [3.8, 4) is 0 Å². The zero-order chi connectivity index (χ0) is 11.9. The molecule has 6 heteroatoms. The number of piperidine rings is 1. The molecule has 18 heavy (non-hydrogen) atoms. The van der Waals surface area contributed by atoms with E-state index in [0.29, 0.717) is 5.96 Å². The standard InChI is InChI=1S/C12H24N4O.HI/c13-12(16-8-10-17-11-9-16)14-4-7-15-5-2-1-3-6-15;/h1-11H2,(H2,13,14);1H. The van der Waals surface area contributed by atoms with Gasteiger partial charge in [0, 0.05) is 19.6 Å². The second kappa shape index (κ2) is 8.92. The van der Waals surface area contributed by atoms with Gasteiger partial charge >= 0.3 is 0 Å². The van der Waals surface area contributed by atoms with Gasteiger partial charge in [-0.15, -0.1) is 24.0 Å². The molecule has 2 rings (SSSR count). The number of rotatable bonds is 3. The fraction of sp³-hybridized carbons (Fsp3) is 0.917. The molecule has 2 aliphatic rings.